The molecule has 1 saturated heterocycles. The molecule has 0 aromatic carbocycles. The van der Waals surface area contributed by atoms with E-state index in [1.165, 1.54) is 12.8 Å². The Balaban J connectivity index is 1.74. The number of hydrogen-bond acceptors (Lipinski definition) is 3. The van der Waals surface area contributed by atoms with Gasteiger partial charge < -0.3 is 14.6 Å². The van der Waals surface area contributed by atoms with Gasteiger partial charge in [0.1, 0.15) is 0 Å². The summed E-state index contributed by atoms with van der Waals surface area (Å²) in [4.78, 5) is 10.3. The average Bonchev–Trinajstić information content (AvgIpc) is 2.42. The van der Waals surface area contributed by atoms with Crippen LogP contribution in [0.2, 0.25) is 0 Å². The quantitative estimate of drug-likeness (QED) is 0.587. The fraction of sp³-hybridized carbons (Fsp3) is 0.933. The van der Waals surface area contributed by atoms with Gasteiger partial charge in [0.15, 0.2) is 0 Å². The van der Waals surface area contributed by atoms with Crippen molar-refractivity contribution in [3.63, 3.8) is 0 Å². The second kappa shape index (κ2) is 11.2. The van der Waals surface area contributed by atoms with Crippen LogP contribution in [0, 0.1) is 5.92 Å². The molecular formula is C15H28O4. The Labute approximate surface area is 116 Å². The molecular weight excluding hydrogens is 244 g/mol. The maximum atomic E-state index is 10.3. The van der Waals surface area contributed by atoms with Gasteiger partial charge in [0.25, 0.3) is 0 Å². The average molecular weight is 272 g/mol. The topological polar surface area (TPSA) is 55.8 Å². The molecule has 0 amide bonds. The van der Waals surface area contributed by atoms with Crippen LogP contribution < -0.4 is 0 Å². The van der Waals surface area contributed by atoms with Crippen LogP contribution in [0.5, 0.6) is 0 Å². The van der Waals surface area contributed by atoms with Crippen LogP contribution in [0.25, 0.3) is 0 Å². The third-order valence-corrected chi connectivity index (χ3v) is 3.60. The number of carboxylic acids is 1. The number of carbonyl (C=O) groups is 1. The Kier molecular flexibility index (Phi) is 9.72. The monoisotopic (exact) mass is 272 g/mol. The molecule has 0 saturated carbocycles. The highest BCUT2D eigenvalue weighted by Gasteiger charge is 2.12. The van der Waals surface area contributed by atoms with Crippen molar-refractivity contribution in [3.8, 4) is 0 Å². The van der Waals surface area contributed by atoms with E-state index in [1.54, 1.807) is 0 Å². The van der Waals surface area contributed by atoms with Crippen LogP contribution in [-0.2, 0) is 14.3 Å². The second-order valence-electron chi connectivity index (χ2n) is 5.40. The summed E-state index contributed by atoms with van der Waals surface area (Å²) in [6.45, 7) is 3.53. The Morgan fingerprint density at radius 1 is 1.16 bits per heavy atom. The lowest BCUT2D eigenvalue weighted by atomic mass is 9.99. The fourth-order valence-electron chi connectivity index (χ4n) is 2.40. The van der Waals surface area contributed by atoms with Crippen molar-refractivity contribution in [2.45, 2.75) is 57.8 Å². The molecule has 1 unspecified atom stereocenters. The van der Waals surface area contributed by atoms with Gasteiger partial charge in [-0.1, -0.05) is 19.3 Å². The normalized spacial score (nSPS) is 19.5. The van der Waals surface area contributed by atoms with Crippen molar-refractivity contribution < 1.29 is 19.4 Å². The molecule has 0 bridgehead atoms. The third-order valence-electron chi connectivity index (χ3n) is 3.60. The van der Waals surface area contributed by atoms with E-state index >= 15 is 0 Å². The molecule has 1 atom stereocenters. The number of carboxylic acid groups (broad SMARTS) is 1. The lowest BCUT2D eigenvalue weighted by Gasteiger charge is -2.21. The maximum absolute atomic E-state index is 10.3. The first-order chi connectivity index (χ1) is 9.29. The summed E-state index contributed by atoms with van der Waals surface area (Å²) in [6.07, 6.45) is 9.09. The van der Waals surface area contributed by atoms with Crippen molar-refractivity contribution >= 4 is 5.97 Å². The van der Waals surface area contributed by atoms with E-state index in [2.05, 4.69) is 0 Å². The van der Waals surface area contributed by atoms with Gasteiger partial charge in [-0.05, 0) is 38.0 Å². The zero-order valence-electron chi connectivity index (χ0n) is 11.9. The largest absolute Gasteiger partial charge is 0.481 e. The predicted molar refractivity (Wildman–Crippen MR) is 74.3 cm³/mol. The van der Waals surface area contributed by atoms with Gasteiger partial charge in [-0.25, -0.2) is 0 Å². The molecule has 4 heteroatoms. The van der Waals surface area contributed by atoms with Crippen LogP contribution in [0.4, 0.5) is 0 Å². The zero-order valence-corrected chi connectivity index (χ0v) is 11.9. The lowest BCUT2D eigenvalue weighted by Crippen LogP contribution is -2.18. The molecule has 1 N–H and O–H groups in total. The Bertz CT molecular complexity index is 224. The molecule has 1 heterocycles. The first kappa shape index (κ1) is 16.4. The summed E-state index contributed by atoms with van der Waals surface area (Å²) in [5.41, 5.74) is 0. The highest BCUT2D eigenvalue weighted by molar-refractivity contribution is 5.66. The minimum absolute atomic E-state index is 0.306. The summed E-state index contributed by atoms with van der Waals surface area (Å²) >= 11 is 0. The molecule has 0 spiro atoms. The standard InChI is InChI=1S/C15H28O4/c16-15(17)8-4-2-1-3-5-10-18-12-9-14-7-6-11-19-13-14/h14H,1-13H2,(H,16,17). The van der Waals surface area contributed by atoms with Gasteiger partial charge in [-0.15, -0.1) is 0 Å². The van der Waals surface area contributed by atoms with E-state index in [0.29, 0.717) is 12.3 Å². The second-order valence-corrected chi connectivity index (χ2v) is 5.40. The molecule has 19 heavy (non-hydrogen) atoms. The summed E-state index contributed by atoms with van der Waals surface area (Å²) in [6, 6.07) is 0. The van der Waals surface area contributed by atoms with Crippen LogP contribution >= 0.6 is 0 Å². The summed E-state index contributed by atoms with van der Waals surface area (Å²) in [7, 11) is 0. The van der Waals surface area contributed by atoms with Crippen molar-refractivity contribution in [1.82, 2.24) is 0 Å². The summed E-state index contributed by atoms with van der Waals surface area (Å²) in [5.74, 6) is 0.0137. The van der Waals surface area contributed by atoms with Crippen molar-refractivity contribution in [1.29, 1.82) is 0 Å². The SMILES string of the molecule is O=C(O)CCCCCCCOCCC1CCCOC1. The molecule has 0 aromatic rings. The van der Waals surface area contributed by atoms with Gasteiger partial charge in [0.2, 0.25) is 0 Å². The molecule has 1 aliphatic heterocycles. The van der Waals surface area contributed by atoms with Crippen molar-refractivity contribution in [3.05, 3.63) is 0 Å². The molecule has 112 valence electrons. The Morgan fingerprint density at radius 3 is 2.68 bits per heavy atom. The summed E-state index contributed by atoms with van der Waals surface area (Å²) in [5, 5.41) is 8.49. The zero-order chi connectivity index (χ0) is 13.8. The fourth-order valence-corrected chi connectivity index (χ4v) is 2.40. The van der Waals surface area contributed by atoms with Crippen LogP contribution in [-0.4, -0.2) is 37.5 Å². The first-order valence-corrected chi connectivity index (χ1v) is 7.66. The number of aliphatic carboxylic acids is 1. The highest BCUT2D eigenvalue weighted by atomic mass is 16.5. The molecule has 0 radical (unpaired) electrons. The van der Waals surface area contributed by atoms with E-state index in [0.717, 1.165) is 65.0 Å². The van der Waals surface area contributed by atoms with Gasteiger partial charge in [-0.3, -0.25) is 4.79 Å². The number of unbranched alkanes of at least 4 members (excludes halogenated alkanes) is 4. The smallest absolute Gasteiger partial charge is 0.303 e. The van der Waals surface area contributed by atoms with E-state index in [1.807, 2.05) is 0 Å². The van der Waals surface area contributed by atoms with Crippen LogP contribution in [0.15, 0.2) is 0 Å². The van der Waals surface area contributed by atoms with E-state index in [-0.39, 0.29) is 0 Å². The number of rotatable bonds is 11. The van der Waals surface area contributed by atoms with Crippen LogP contribution in [0.1, 0.15) is 57.8 Å². The minimum atomic E-state index is -0.685. The van der Waals surface area contributed by atoms with Gasteiger partial charge >= 0.3 is 5.97 Å². The molecule has 4 nitrogen and oxygen atoms in total. The molecule has 1 aliphatic rings. The number of hydrogen-bond donors (Lipinski definition) is 1. The van der Waals surface area contributed by atoms with Crippen LogP contribution in [0.3, 0.4) is 0 Å². The maximum Gasteiger partial charge on any atom is 0.303 e. The molecule has 0 aromatic heterocycles. The Morgan fingerprint density at radius 2 is 1.95 bits per heavy atom. The molecule has 1 fully saturated rings. The third kappa shape index (κ3) is 9.91. The lowest BCUT2D eigenvalue weighted by molar-refractivity contribution is -0.137. The molecule has 1 rings (SSSR count). The van der Waals surface area contributed by atoms with Crippen molar-refractivity contribution in [2.75, 3.05) is 26.4 Å². The van der Waals surface area contributed by atoms with E-state index < -0.39 is 5.97 Å². The van der Waals surface area contributed by atoms with Gasteiger partial charge in [0, 0.05) is 32.8 Å². The molecule has 0 aliphatic carbocycles. The summed E-state index contributed by atoms with van der Waals surface area (Å²) < 4.78 is 11.1. The minimum Gasteiger partial charge on any atom is -0.481 e. The Hall–Kier alpha value is -0.610. The van der Waals surface area contributed by atoms with Gasteiger partial charge in [-0.2, -0.15) is 0 Å². The van der Waals surface area contributed by atoms with Gasteiger partial charge in [0.05, 0.1) is 0 Å². The predicted octanol–water partition coefficient (Wildman–Crippen LogP) is 3.24. The number of ether oxygens (including phenoxy) is 2. The first-order valence-electron chi connectivity index (χ1n) is 7.66. The highest BCUT2D eigenvalue weighted by Crippen LogP contribution is 2.16. The van der Waals surface area contributed by atoms with E-state index in [9.17, 15) is 4.79 Å². The van der Waals surface area contributed by atoms with Crippen molar-refractivity contribution in [2.24, 2.45) is 5.92 Å². The van der Waals surface area contributed by atoms with E-state index in [4.69, 9.17) is 14.6 Å².